The maximum atomic E-state index is 10.6. The van der Waals surface area contributed by atoms with Gasteiger partial charge in [-0.15, -0.1) is 0 Å². The quantitative estimate of drug-likeness (QED) is 0.819. The van der Waals surface area contributed by atoms with Gasteiger partial charge in [-0.2, -0.15) is 0 Å². The second kappa shape index (κ2) is 5.91. The topological polar surface area (TPSA) is 49.3 Å². The van der Waals surface area contributed by atoms with Crippen molar-refractivity contribution in [3.8, 4) is 0 Å². The number of carboxylic acid groups (broad SMARTS) is 1. The molecule has 96 valence electrons. The average Bonchev–Trinajstić information content (AvgIpc) is 2.34. The van der Waals surface area contributed by atoms with Gasteiger partial charge >= 0.3 is 5.97 Å². The molecule has 1 fully saturated rings. The monoisotopic (exact) mass is 265 g/mol. The molecular formula is C14H16ClNO2. The largest absolute Gasteiger partial charge is 0.478 e. The summed E-state index contributed by atoms with van der Waals surface area (Å²) >= 11 is 6.09. The molecule has 1 aromatic rings. The van der Waals surface area contributed by atoms with Crippen molar-refractivity contribution in [2.24, 2.45) is 0 Å². The van der Waals surface area contributed by atoms with E-state index in [1.54, 1.807) is 0 Å². The predicted octanol–water partition coefficient (Wildman–Crippen LogP) is 3.71. The van der Waals surface area contributed by atoms with Crippen LogP contribution in [0.15, 0.2) is 35.9 Å². The third kappa shape index (κ3) is 3.50. The highest BCUT2D eigenvalue weighted by Gasteiger charge is 2.17. The third-order valence-electron chi connectivity index (χ3n) is 3.19. The highest BCUT2D eigenvalue weighted by atomic mass is 35.5. The van der Waals surface area contributed by atoms with Crippen LogP contribution in [-0.2, 0) is 4.79 Å². The Kier molecular flexibility index (Phi) is 4.26. The van der Waals surface area contributed by atoms with Crippen LogP contribution in [0, 0.1) is 0 Å². The van der Waals surface area contributed by atoms with Gasteiger partial charge in [0.05, 0.1) is 10.7 Å². The van der Waals surface area contributed by atoms with Gasteiger partial charge in [0.25, 0.3) is 0 Å². The Morgan fingerprint density at radius 3 is 2.61 bits per heavy atom. The van der Waals surface area contributed by atoms with Crippen molar-refractivity contribution in [2.75, 3.05) is 5.32 Å². The normalized spacial score (nSPS) is 19.4. The summed E-state index contributed by atoms with van der Waals surface area (Å²) in [5.41, 5.74) is 1.98. The Morgan fingerprint density at radius 1 is 1.33 bits per heavy atom. The fourth-order valence-electron chi connectivity index (χ4n) is 2.25. The predicted molar refractivity (Wildman–Crippen MR) is 73.0 cm³/mol. The van der Waals surface area contributed by atoms with Crippen LogP contribution in [0.1, 0.15) is 25.7 Å². The summed E-state index contributed by atoms with van der Waals surface area (Å²) in [6.45, 7) is 0. The van der Waals surface area contributed by atoms with Crippen molar-refractivity contribution < 1.29 is 9.90 Å². The lowest BCUT2D eigenvalue weighted by atomic mass is 9.90. The number of benzene rings is 1. The van der Waals surface area contributed by atoms with Crippen LogP contribution < -0.4 is 5.32 Å². The number of hydrogen-bond acceptors (Lipinski definition) is 2. The molecule has 0 radical (unpaired) electrons. The molecule has 1 saturated carbocycles. The summed E-state index contributed by atoms with van der Waals surface area (Å²) in [6, 6.07) is 8.05. The molecule has 0 bridgehead atoms. The fourth-order valence-corrected chi connectivity index (χ4v) is 2.44. The van der Waals surface area contributed by atoms with E-state index in [2.05, 4.69) is 5.32 Å². The molecule has 0 amide bonds. The van der Waals surface area contributed by atoms with Crippen LogP contribution in [0.3, 0.4) is 0 Å². The number of aliphatic carboxylic acids is 1. The molecule has 1 aliphatic rings. The Balaban J connectivity index is 1.91. The van der Waals surface area contributed by atoms with Crippen molar-refractivity contribution in [1.29, 1.82) is 0 Å². The SMILES string of the molecule is O=C(O)C=C1CCC(Nc2ccccc2Cl)CC1. The molecule has 2 rings (SSSR count). The Bertz CT molecular complexity index is 461. The summed E-state index contributed by atoms with van der Waals surface area (Å²) < 4.78 is 0. The zero-order chi connectivity index (χ0) is 13.0. The minimum Gasteiger partial charge on any atom is -0.478 e. The van der Waals surface area contributed by atoms with Crippen LogP contribution in [-0.4, -0.2) is 17.1 Å². The maximum Gasteiger partial charge on any atom is 0.328 e. The first kappa shape index (κ1) is 13.0. The van der Waals surface area contributed by atoms with Crippen LogP contribution in [0.5, 0.6) is 0 Å². The summed E-state index contributed by atoms with van der Waals surface area (Å²) in [6.07, 6.45) is 4.92. The molecular weight excluding hydrogens is 250 g/mol. The second-order valence-corrected chi connectivity index (χ2v) is 4.95. The van der Waals surface area contributed by atoms with E-state index in [9.17, 15) is 4.79 Å². The van der Waals surface area contributed by atoms with Crippen LogP contribution in [0.2, 0.25) is 5.02 Å². The number of rotatable bonds is 3. The lowest BCUT2D eigenvalue weighted by molar-refractivity contribution is -0.131. The third-order valence-corrected chi connectivity index (χ3v) is 3.52. The van der Waals surface area contributed by atoms with Gasteiger partial charge in [0, 0.05) is 12.1 Å². The van der Waals surface area contributed by atoms with E-state index in [0.717, 1.165) is 42.0 Å². The van der Waals surface area contributed by atoms with Gasteiger partial charge in [-0.25, -0.2) is 4.79 Å². The molecule has 1 aromatic carbocycles. The standard InChI is InChI=1S/C14H16ClNO2/c15-12-3-1-2-4-13(12)16-11-7-5-10(6-8-11)9-14(17)18/h1-4,9,11,16H,5-8H2,(H,17,18). The summed E-state index contributed by atoms with van der Waals surface area (Å²) in [5, 5.41) is 12.8. The minimum atomic E-state index is -0.845. The molecule has 0 unspecified atom stereocenters. The van der Waals surface area contributed by atoms with Gasteiger partial charge in [0.2, 0.25) is 0 Å². The van der Waals surface area contributed by atoms with E-state index < -0.39 is 5.97 Å². The molecule has 3 nitrogen and oxygen atoms in total. The van der Waals surface area contributed by atoms with E-state index in [0.29, 0.717) is 6.04 Å². The number of allylic oxidation sites excluding steroid dienone is 1. The molecule has 18 heavy (non-hydrogen) atoms. The summed E-state index contributed by atoms with van der Waals surface area (Å²) in [7, 11) is 0. The first-order chi connectivity index (χ1) is 8.65. The highest BCUT2D eigenvalue weighted by molar-refractivity contribution is 6.33. The van der Waals surface area contributed by atoms with Crippen LogP contribution in [0.25, 0.3) is 0 Å². The first-order valence-electron chi connectivity index (χ1n) is 6.08. The van der Waals surface area contributed by atoms with Crippen LogP contribution in [0.4, 0.5) is 5.69 Å². The Morgan fingerprint density at radius 2 is 2.00 bits per heavy atom. The van der Waals surface area contributed by atoms with E-state index in [4.69, 9.17) is 16.7 Å². The summed E-state index contributed by atoms with van der Waals surface area (Å²) in [4.78, 5) is 10.6. The van der Waals surface area contributed by atoms with Crippen molar-refractivity contribution in [3.63, 3.8) is 0 Å². The molecule has 0 heterocycles. The first-order valence-corrected chi connectivity index (χ1v) is 6.46. The van der Waals surface area contributed by atoms with Crippen molar-refractivity contribution in [2.45, 2.75) is 31.7 Å². The number of para-hydroxylation sites is 1. The fraction of sp³-hybridized carbons (Fsp3) is 0.357. The number of anilines is 1. The van der Waals surface area contributed by atoms with Crippen molar-refractivity contribution in [1.82, 2.24) is 0 Å². The number of hydrogen-bond donors (Lipinski definition) is 2. The molecule has 0 aromatic heterocycles. The van der Waals surface area contributed by atoms with Gasteiger partial charge in [0.1, 0.15) is 0 Å². The maximum absolute atomic E-state index is 10.6. The van der Waals surface area contributed by atoms with Gasteiger partial charge in [0.15, 0.2) is 0 Å². The average molecular weight is 266 g/mol. The van der Waals surface area contributed by atoms with Crippen molar-refractivity contribution in [3.05, 3.63) is 40.9 Å². The van der Waals surface area contributed by atoms with Crippen molar-refractivity contribution >= 4 is 23.3 Å². The Hall–Kier alpha value is -1.48. The molecule has 2 N–H and O–H groups in total. The molecule has 0 atom stereocenters. The van der Waals surface area contributed by atoms with Crippen LogP contribution >= 0.6 is 11.6 Å². The van der Waals surface area contributed by atoms with E-state index in [-0.39, 0.29) is 0 Å². The molecule has 1 aliphatic carbocycles. The van der Waals surface area contributed by atoms with Gasteiger partial charge in [-0.3, -0.25) is 0 Å². The van der Waals surface area contributed by atoms with Gasteiger partial charge in [-0.05, 0) is 37.8 Å². The second-order valence-electron chi connectivity index (χ2n) is 4.54. The van der Waals surface area contributed by atoms with Gasteiger partial charge in [-0.1, -0.05) is 29.3 Å². The lowest BCUT2D eigenvalue weighted by Gasteiger charge is -2.26. The van der Waals surface area contributed by atoms with E-state index in [1.165, 1.54) is 6.08 Å². The highest BCUT2D eigenvalue weighted by Crippen LogP contribution is 2.28. The minimum absolute atomic E-state index is 0.371. The zero-order valence-electron chi connectivity index (χ0n) is 10.0. The van der Waals surface area contributed by atoms with E-state index >= 15 is 0 Å². The molecule has 4 heteroatoms. The number of nitrogens with one attached hydrogen (secondary N) is 1. The molecule has 0 spiro atoms. The van der Waals surface area contributed by atoms with Gasteiger partial charge < -0.3 is 10.4 Å². The lowest BCUT2D eigenvalue weighted by Crippen LogP contribution is -2.23. The summed E-state index contributed by atoms with van der Waals surface area (Å²) in [5.74, 6) is -0.845. The zero-order valence-corrected chi connectivity index (χ0v) is 10.8. The van der Waals surface area contributed by atoms with E-state index in [1.807, 2.05) is 24.3 Å². The number of carboxylic acids is 1. The Labute approximate surface area is 111 Å². The molecule has 0 aliphatic heterocycles. The number of carbonyl (C=O) groups is 1. The molecule has 0 saturated heterocycles. The number of halogens is 1. The smallest absolute Gasteiger partial charge is 0.328 e.